The number of carbonyl (C=O) groups excluding carboxylic acids is 1. The van der Waals surface area contributed by atoms with Gasteiger partial charge in [0.1, 0.15) is 12.2 Å². The topological polar surface area (TPSA) is 77.6 Å². The quantitative estimate of drug-likeness (QED) is 0.749. The van der Waals surface area contributed by atoms with E-state index in [1.807, 2.05) is 36.0 Å². The van der Waals surface area contributed by atoms with Crippen molar-refractivity contribution in [2.45, 2.75) is 39.8 Å². The van der Waals surface area contributed by atoms with E-state index >= 15 is 0 Å². The Balaban J connectivity index is 1.64. The number of hydrogen-bond donors (Lipinski definition) is 1. The van der Waals surface area contributed by atoms with E-state index in [1.54, 1.807) is 12.4 Å². The Morgan fingerprint density at radius 3 is 2.80 bits per heavy atom. The fraction of sp³-hybridized carbons (Fsp3) is 0.333. The summed E-state index contributed by atoms with van der Waals surface area (Å²) in [5, 5.41) is 15.3. The van der Waals surface area contributed by atoms with Gasteiger partial charge in [-0.2, -0.15) is 5.10 Å². The molecule has 1 amide bonds. The molecule has 3 rings (SSSR count). The summed E-state index contributed by atoms with van der Waals surface area (Å²) < 4.78 is 3.35. The molecule has 0 bridgehead atoms. The predicted octanol–water partition coefficient (Wildman–Crippen LogP) is 2.92. The van der Waals surface area contributed by atoms with Crippen LogP contribution in [0, 0.1) is 0 Å². The van der Waals surface area contributed by atoms with Crippen molar-refractivity contribution in [3.63, 3.8) is 0 Å². The fourth-order valence-corrected chi connectivity index (χ4v) is 2.50. The Bertz CT molecular complexity index is 864. The lowest BCUT2D eigenvalue weighted by molar-refractivity contribution is -0.116. The first-order chi connectivity index (χ1) is 12.0. The number of amides is 1. The zero-order valence-corrected chi connectivity index (χ0v) is 14.7. The van der Waals surface area contributed by atoms with E-state index in [0.717, 1.165) is 17.8 Å². The summed E-state index contributed by atoms with van der Waals surface area (Å²) in [6.07, 6.45) is 5.41. The zero-order chi connectivity index (χ0) is 17.8. The molecule has 0 radical (unpaired) electrons. The van der Waals surface area contributed by atoms with Crippen molar-refractivity contribution < 1.29 is 4.79 Å². The van der Waals surface area contributed by atoms with Crippen molar-refractivity contribution in [1.29, 1.82) is 0 Å². The van der Waals surface area contributed by atoms with Gasteiger partial charge in [0.15, 0.2) is 0 Å². The summed E-state index contributed by atoms with van der Waals surface area (Å²) >= 11 is 0. The summed E-state index contributed by atoms with van der Waals surface area (Å²) in [5.74, 6) is 0.278. The third-order valence-corrected chi connectivity index (χ3v) is 3.93. The standard InChI is InChI=1S/C18H22N6O/c1-4-23-10-15(9-19-23)17-11-24(22-21-17)12-18(25)20-16-7-5-6-14(8-16)13(2)3/h5-11,13H,4,12H2,1-3H3,(H,20,25). The zero-order valence-electron chi connectivity index (χ0n) is 14.7. The second-order valence-electron chi connectivity index (χ2n) is 6.21. The molecule has 1 aromatic carbocycles. The van der Waals surface area contributed by atoms with Crippen molar-refractivity contribution in [3.8, 4) is 11.3 Å². The summed E-state index contributed by atoms with van der Waals surface area (Å²) in [7, 11) is 0. The van der Waals surface area contributed by atoms with Crippen LogP contribution in [0.4, 0.5) is 5.69 Å². The average molecular weight is 338 g/mol. The Morgan fingerprint density at radius 1 is 1.24 bits per heavy atom. The van der Waals surface area contributed by atoms with Gasteiger partial charge in [-0.05, 0) is 30.5 Å². The molecule has 0 aliphatic rings. The first kappa shape index (κ1) is 16.9. The largest absolute Gasteiger partial charge is 0.324 e. The molecule has 2 aromatic heterocycles. The average Bonchev–Trinajstić information content (AvgIpc) is 3.23. The Morgan fingerprint density at radius 2 is 2.08 bits per heavy atom. The number of rotatable bonds is 6. The molecule has 0 aliphatic carbocycles. The van der Waals surface area contributed by atoms with Gasteiger partial charge in [0.25, 0.3) is 0 Å². The van der Waals surface area contributed by atoms with Gasteiger partial charge in [0.05, 0.1) is 12.4 Å². The number of carbonyl (C=O) groups is 1. The number of nitrogens with one attached hydrogen (secondary N) is 1. The lowest BCUT2D eigenvalue weighted by Gasteiger charge is -2.09. The van der Waals surface area contributed by atoms with Crippen LogP contribution in [0.2, 0.25) is 0 Å². The molecule has 3 aromatic rings. The highest BCUT2D eigenvalue weighted by Crippen LogP contribution is 2.19. The molecular formula is C18H22N6O. The van der Waals surface area contributed by atoms with Gasteiger partial charge in [-0.1, -0.05) is 31.2 Å². The number of nitrogens with zero attached hydrogens (tertiary/aromatic N) is 5. The second kappa shape index (κ2) is 7.29. The number of hydrogen-bond acceptors (Lipinski definition) is 4. The summed E-state index contributed by atoms with van der Waals surface area (Å²) in [6, 6.07) is 7.88. The van der Waals surface area contributed by atoms with Crippen molar-refractivity contribution in [2.75, 3.05) is 5.32 Å². The lowest BCUT2D eigenvalue weighted by atomic mass is 10.0. The van der Waals surface area contributed by atoms with Gasteiger partial charge in [-0.25, -0.2) is 4.68 Å². The maximum Gasteiger partial charge on any atom is 0.246 e. The van der Waals surface area contributed by atoms with E-state index in [1.165, 1.54) is 10.2 Å². The first-order valence-corrected chi connectivity index (χ1v) is 8.38. The molecule has 0 saturated heterocycles. The van der Waals surface area contributed by atoms with E-state index in [0.29, 0.717) is 11.6 Å². The predicted molar refractivity (Wildman–Crippen MR) is 96.1 cm³/mol. The monoisotopic (exact) mass is 338 g/mol. The first-order valence-electron chi connectivity index (χ1n) is 8.38. The third-order valence-electron chi connectivity index (χ3n) is 3.93. The molecule has 0 spiro atoms. The normalized spacial score (nSPS) is 11.0. The summed E-state index contributed by atoms with van der Waals surface area (Å²) in [5.41, 5.74) is 3.57. The number of aryl methyl sites for hydroxylation is 1. The van der Waals surface area contributed by atoms with E-state index in [2.05, 4.69) is 40.6 Å². The van der Waals surface area contributed by atoms with Gasteiger partial charge in [-0.3, -0.25) is 9.48 Å². The minimum atomic E-state index is -0.137. The highest BCUT2D eigenvalue weighted by atomic mass is 16.2. The molecule has 0 atom stereocenters. The van der Waals surface area contributed by atoms with Crippen LogP contribution in [0.3, 0.4) is 0 Å². The van der Waals surface area contributed by atoms with Crippen LogP contribution < -0.4 is 5.32 Å². The molecule has 1 N–H and O–H groups in total. The van der Waals surface area contributed by atoms with Crippen LogP contribution in [0.25, 0.3) is 11.3 Å². The highest BCUT2D eigenvalue weighted by Gasteiger charge is 2.10. The fourth-order valence-electron chi connectivity index (χ4n) is 2.50. The van der Waals surface area contributed by atoms with Crippen molar-refractivity contribution in [3.05, 3.63) is 48.4 Å². The van der Waals surface area contributed by atoms with Crippen LogP contribution in [0.1, 0.15) is 32.3 Å². The molecular weight excluding hydrogens is 316 g/mol. The molecule has 0 unspecified atom stereocenters. The molecule has 2 heterocycles. The smallest absolute Gasteiger partial charge is 0.246 e. The molecule has 25 heavy (non-hydrogen) atoms. The maximum atomic E-state index is 12.2. The van der Waals surface area contributed by atoms with E-state index in [-0.39, 0.29) is 12.5 Å². The Kier molecular flexibility index (Phi) is 4.92. The molecule has 0 fully saturated rings. The Labute approximate surface area is 146 Å². The van der Waals surface area contributed by atoms with E-state index < -0.39 is 0 Å². The molecule has 7 heteroatoms. The van der Waals surface area contributed by atoms with Crippen LogP contribution >= 0.6 is 0 Å². The van der Waals surface area contributed by atoms with Gasteiger partial charge in [0.2, 0.25) is 5.91 Å². The van der Waals surface area contributed by atoms with Gasteiger partial charge >= 0.3 is 0 Å². The van der Waals surface area contributed by atoms with Crippen LogP contribution in [-0.2, 0) is 17.9 Å². The van der Waals surface area contributed by atoms with Crippen LogP contribution in [-0.4, -0.2) is 30.7 Å². The van der Waals surface area contributed by atoms with Gasteiger partial charge in [0, 0.05) is 24.0 Å². The summed E-state index contributed by atoms with van der Waals surface area (Å²) in [4.78, 5) is 12.2. The SMILES string of the molecule is CCn1cc(-c2cn(CC(=O)Nc3cccc(C(C)C)c3)nn2)cn1. The molecule has 0 saturated carbocycles. The number of anilines is 1. The van der Waals surface area contributed by atoms with Gasteiger partial charge in [-0.15, -0.1) is 5.10 Å². The number of aromatic nitrogens is 5. The third kappa shape index (κ3) is 4.12. The number of benzene rings is 1. The van der Waals surface area contributed by atoms with Crippen LogP contribution in [0.15, 0.2) is 42.9 Å². The molecule has 7 nitrogen and oxygen atoms in total. The maximum absolute atomic E-state index is 12.2. The van der Waals surface area contributed by atoms with Crippen molar-refractivity contribution in [1.82, 2.24) is 24.8 Å². The highest BCUT2D eigenvalue weighted by molar-refractivity contribution is 5.90. The second-order valence-corrected chi connectivity index (χ2v) is 6.21. The van der Waals surface area contributed by atoms with Gasteiger partial charge < -0.3 is 5.32 Å². The lowest BCUT2D eigenvalue weighted by Crippen LogP contribution is -2.19. The molecule has 130 valence electrons. The van der Waals surface area contributed by atoms with E-state index in [9.17, 15) is 4.79 Å². The van der Waals surface area contributed by atoms with Crippen molar-refractivity contribution in [2.24, 2.45) is 0 Å². The Hall–Kier alpha value is -2.96. The van der Waals surface area contributed by atoms with Crippen LogP contribution in [0.5, 0.6) is 0 Å². The minimum absolute atomic E-state index is 0.112. The summed E-state index contributed by atoms with van der Waals surface area (Å²) in [6.45, 7) is 7.18. The van der Waals surface area contributed by atoms with Crippen molar-refractivity contribution >= 4 is 11.6 Å². The van der Waals surface area contributed by atoms with E-state index in [4.69, 9.17) is 0 Å². The molecule has 0 aliphatic heterocycles. The minimum Gasteiger partial charge on any atom is -0.324 e.